The molecule has 0 aliphatic rings. The molecule has 3 N–H and O–H groups in total. The van der Waals surface area contributed by atoms with Crippen molar-refractivity contribution in [1.82, 2.24) is 4.98 Å². The van der Waals surface area contributed by atoms with Crippen LogP contribution >= 0.6 is 0 Å². The third-order valence-electron chi connectivity index (χ3n) is 2.24. The lowest BCUT2D eigenvalue weighted by atomic mass is 10.1. The zero-order valence-electron chi connectivity index (χ0n) is 8.45. The van der Waals surface area contributed by atoms with Crippen LogP contribution in [-0.4, -0.2) is 18.0 Å². The lowest BCUT2D eigenvalue weighted by Gasteiger charge is -2.11. The second-order valence-corrected chi connectivity index (χ2v) is 3.38. The van der Waals surface area contributed by atoms with E-state index in [0.29, 0.717) is 11.4 Å². The Labute approximate surface area is 91.3 Å². The van der Waals surface area contributed by atoms with E-state index in [1.54, 1.807) is 6.07 Å². The van der Waals surface area contributed by atoms with E-state index in [-0.39, 0.29) is 0 Å². The van der Waals surface area contributed by atoms with Crippen molar-refractivity contribution in [3.63, 3.8) is 0 Å². The first-order valence-electron chi connectivity index (χ1n) is 4.83. The molecule has 0 radical (unpaired) electrons. The number of benzene rings is 1. The summed E-state index contributed by atoms with van der Waals surface area (Å²) in [7, 11) is 0. The number of aromatic nitrogens is 1. The zero-order valence-corrected chi connectivity index (χ0v) is 8.45. The number of nitrogens with zero attached hydrogens (tertiary/aromatic N) is 1. The summed E-state index contributed by atoms with van der Waals surface area (Å²) in [4.78, 5) is 4.12. The third-order valence-corrected chi connectivity index (χ3v) is 2.24. The zero-order chi connectivity index (χ0) is 11.5. The highest BCUT2D eigenvalue weighted by atomic mass is 19.3. The summed E-state index contributed by atoms with van der Waals surface area (Å²) in [6.07, 6.45) is -0.942. The van der Waals surface area contributed by atoms with Gasteiger partial charge in [-0.1, -0.05) is 18.2 Å². The molecule has 1 aromatic carbocycles. The van der Waals surface area contributed by atoms with Gasteiger partial charge in [0, 0.05) is 5.39 Å². The van der Waals surface area contributed by atoms with Crippen molar-refractivity contribution in [2.45, 2.75) is 6.43 Å². The van der Waals surface area contributed by atoms with E-state index in [1.807, 2.05) is 18.2 Å². The van der Waals surface area contributed by atoms with Crippen LogP contribution in [0, 0.1) is 0 Å². The van der Waals surface area contributed by atoms with E-state index in [2.05, 4.69) is 10.3 Å². The quantitative estimate of drug-likeness (QED) is 0.840. The van der Waals surface area contributed by atoms with Crippen LogP contribution in [0.1, 0.15) is 0 Å². The number of hydrogen-bond acceptors (Lipinski definition) is 3. The van der Waals surface area contributed by atoms with Crippen LogP contribution < -0.4 is 11.1 Å². The number of alkyl halides is 2. The molecule has 0 unspecified atom stereocenters. The van der Waals surface area contributed by atoms with E-state index in [0.717, 1.165) is 10.9 Å². The summed E-state index contributed by atoms with van der Waals surface area (Å²) in [6, 6.07) is 7.26. The smallest absolute Gasteiger partial charge is 0.255 e. The van der Waals surface area contributed by atoms with Crippen LogP contribution in [0.2, 0.25) is 0 Å². The Hall–Kier alpha value is -1.91. The number of anilines is 2. The summed E-state index contributed by atoms with van der Waals surface area (Å²) < 4.78 is 24.3. The van der Waals surface area contributed by atoms with Gasteiger partial charge in [0.2, 0.25) is 0 Å². The molecule has 5 heteroatoms. The van der Waals surface area contributed by atoms with Crippen LogP contribution in [-0.2, 0) is 0 Å². The average molecular weight is 223 g/mol. The molecule has 0 atom stereocenters. The van der Waals surface area contributed by atoms with Gasteiger partial charge < -0.3 is 11.1 Å². The summed E-state index contributed by atoms with van der Waals surface area (Å²) in [5.41, 5.74) is 7.33. The standard InChI is InChI=1S/C11H11F2N3/c12-10(13)6-16-11-7-3-1-2-4-9(7)15-5-8(11)14/h1-5,10H,6,14H2,(H,15,16). The fourth-order valence-electron chi connectivity index (χ4n) is 1.53. The highest BCUT2D eigenvalue weighted by molar-refractivity contribution is 5.96. The highest BCUT2D eigenvalue weighted by Gasteiger charge is 2.08. The number of halogens is 2. The first kappa shape index (κ1) is 10.6. The molecule has 0 aliphatic heterocycles. The van der Waals surface area contributed by atoms with Gasteiger partial charge in [-0.05, 0) is 6.07 Å². The van der Waals surface area contributed by atoms with Crippen molar-refractivity contribution in [1.29, 1.82) is 0 Å². The molecule has 1 aromatic heterocycles. The van der Waals surface area contributed by atoms with E-state index in [9.17, 15) is 8.78 Å². The molecule has 2 rings (SSSR count). The first-order valence-corrected chi connectivity index (χ1v) is 4.83. The Kier molecular flexibility index (Phi) is 2.85. The second kappa shape index (κ2) is 4.30. The predicted molar refractivity (Wildman–Crippen MR) is 60.6 cm³/mol. The van der Waals surface area contributed by atoms with Crippen molar-refractivity contribution in [2.24, 2.45) is 0 Å². The number of nitrogen functional groups attached to an aromatic ring is 1. The predicted octanol–water partition coefficient (Wildman–Crippen LogP) is 2.49. The number of nitrogens with two attached hydrogens (primary N) is 1. The number of hydrogen-bond donors (Lipinski definition) is 2. The number of rotatable bonds is 3. The summed E-state index contributed by atoms with van der Waals surface area (Å²) in [5, 5.41) is 3.39. The second-order valence-electron chi connectivity index (χ2n) is 3.38. The average Bonchev–Trinajstić information content (AvgIpc) is 2.27. The van der Waals surface area contributed by atoms with Crippen molar-refractivity contribution >= 4 is 22.3 Å². The molecule has 0 fully saturated rings. The van der Waals surface area contributed by atoms with Crippen molar-refractivity contribution in [2.75, 3.05) is 17.6 Å². The van der Waals surface area contributed by atoms with Crippen molar-refractivity contribution in [3.05, 3.63) is 30.5 Å². The first-order chi connectivity index (χ1) is 7.68. The van der Waals surface area contributed by atoms with Crippen LogP contribution in [0.15, 0.2) is 30.5 Å². The van der Waals surface area contributed by atoms with E-state index in [4.69, 9.17) is 5.73 Å². The van der Waals surface area contributed by atoms with E-state index >= 15 is 0 Å². The molecule has 84 valence electrons. The Morgan fingerprint density at radius 2 is 2.06 bits per heavy atom. The molecular formula is C11H11F2N3. The number of pyridine rings is 1. The SMILES string of the molecule is Nc1cnc2ccccc2c1NCC(F)F. The summed E-state index contributed by atoms with van der Waals surface area (Å²) in [6.45, 7) is -0.418. The van der Waals surface area contributed by atoms with Crippen molar-refractivity contribution < 1.29 is 8.78 Å². The maximum absolute atomic E-state index is 12.1. The number of nitrogens with one attached hydrogen (secondary N) is 1. The maximum Gasteiger partial charge on any atom is 0.255 e. The van der Waals surface area contributed by atoms with E-state index in [1.165, 1.54) is 6.20 Å². The molecule has 2 aromatic rings. The maximum atomic E-state index is 12.1. The highest BCUT2D eigenvalue weighted by Crippen LogP contribution is 2.27. The van der Waals surface area contributed by atoms with Gasteiger partial charge in [-0.2, -0.15) is 0 Å². The third kappa shape index (κ3) is 2.03. The molecule has 1 heterocycles. The molecular weight excluding hydrogens is 212 g/mol. The molecule has 16 heavy (non-hydrogen) atoms. The molecule has 0 saturated heterocycles. The molecule has 0 spiro atoms. The lowest BCUT2D eigenvalue weighted by Crippen LogP contribution is -2.12. The normalized spacial score (nSPS) is 10.9. The minimum atomic E-state index is -2.41. The van der Waals surface area contributed by atoms with Gasteiger partial charge in [-0.3, -0.25) is 4.98 Å². The Morgan fingerprint density at radius 3 is 2.81 bits per heavy atom. The van der Waals surface area contributed by atoms with Gasteiger partial charge in [0.05, 0.1) is 29.6 Å². The lowest BCUT2D eigenvalue weighted by molar-refractivity contribution is 0.163. The topological polar surface area (TPSA) is 50.9 Å². The largest absolute Gasteiger partial charge is 0.396 e. The Balaban J connectivity index is 2.44. The summed E-state index contributed by atoms with van der Waals surface area (Å²) in [5.74, 6) is 0. The molecule has 3 nitrogen and oxygen atoms in total. The van der Waals surface area contributed by atoms with Crippen LogP contribution in [0.4, 0.5) is 20.2 Å². The van der Waals surface area contributed by atoms with Gasteiger partial charge in [0.15, 0.2) is 0 Å². The van der Waals surface area contributed by atoms with Crippen LogP contribution in [0.3, 0.4) is 0 Å². The van der Waals surface area contributed by atoms with E-state index < -0.39 is 13.0 Å². The Bertz CT molecular complexity index is 500. The number of fused-ring (bicyclic) bond motifs is 1. The van der Waals surface area contributed by atoms with Gasteiger partial charge in [-0.25, -0.2) is 8.78 Å². The number of para-hydroxylation sites is 1. The van der Waals surface area contributed by atoms with Gasteiger partial charge in [0.25, 0.3) is 6.43 Å². The van der Waals surface area contributed by atoms with Crippen molar-refractivity contribution in [3.8, 4) is 0 Å². The molecule has 0 amide bonds. The van der Waals surface area contributed by atoms with Crippen LogP contribution in [0.25, 0.3) is 10.9 Å². The van der Waals surface area contributed by atoms with Gasteiger partial charge in [0.1, 0.15) is 0 Å². The monoisotopic (exact) mass is 223 g/mol. The summed E-state index contributed by atoms with van der Waals surface area (Å²) >= 11 is 0. The molecule has 0 saturated carbocycles. The molecule has 0 bridgehead atoms. The molecule has 0 aliphatic carbocycles. The fourth-order valence-corrected chi connectivity index (χ4v) is 1.53. The Morgan fingerprint density at radius 1 is 1.31 bits per heavy atom. The van der Waals surface area contributed by atoms with Gasteiger partial charge in [-0.15, -0.1) is 0 Å². The minimum Gasteiger partial charge on any atom is -0.396 e. The van der Waals surface area contributed by atoms with Crippen LogP contribution in [0.5, 0.6) is 0 Å². The minimum absolute atomic E-state index is 0.374. The van der Waals surface area contributed by atoms with Gasteiger partial charge >= 0.3 is 0 Å². The fraction of sp³-hybridized carbons (Fsp3) is 0.182.